The topological polar surface area (TPSA) is 85.1 Å². The van der Waals surface area contributed by atoms with Crippen molar-refractivity contribution in [2.24, 2.45) is 0 Å². The summed E-state index contributed by atoms with van der Waals surface area (Å²) >= 11 is 1.21. The fourth-order valence-electron chi connectivity index (χ4n) is 2.59. The summed E-state index contributed by atoms with van der Waals surface area (Å²) in [4.78, 5) is 24.0. The van der Waals surface area contributed by atoms with E-state index in [2.05, 4.69) is 15.5 Å². The molecule has 0 saturated heterocycles. The first-order valence-corrected chi connectivity index (χ1v) is 10.0. The lowest BCUT2D eigenvalue weighted by molar-refractivity contribution is -0.116. The Kier molecular flexibility index (Phi) is 6.60. The lowest BCUT2D eigenvalue weighted by atomic mass is 10.1. The van der Waals surface area contributed by atoms with Crippen molar-refractivity contribution in [3.63, 3.8) is 0 Å². The number of hydrogen-bond donors (Lipinski definition) is 1. The summed E-state index contributed by atoms with van der Waals surface area (Å²) in [5.41, 5.74) is 3.18. The van der Waals surface area contributed by atoms with E-state index in [0.29, 0.717) is 28.8 Å². The number of anilines is 1. The van der Waals surface area contributed by atoms with Crippen molar-refractivity contribution >= 4 is 29.1 Å². The van der Waals surface area contributed by atoms with Crippen molar-refractivity contribution in [3.8, 4) is 11.5 Å². The Labute approximate surface area is 167 Å². The van der Waals surface area contributed by atoms with Gasteiger partial charge in [0.1, 0.15) is 0 Å². The van der Waals surface area contributed by atoms with E-state index in [1.54, 1.807) is 24.3 Å². The van der Waals surface area contributed by atoms with Gasteiger partial charge in [0, 0.05) is 23.2 Å². The minimum Gasteiger partial charge on any atom is -0.411 e. The Morgan fingerprint density at radius 3 is 2.54 bits per heavy atom. The van der Waals surface area contributed by atoms with Gasteiger partial charge in [-0.05, 0) is 49.2 Å². The quantitative estimate of drug-likeness (QED) is 0.437. The molecule has 1 heterocycles. The molecule has 1 N–H and O–H groups in total. The van der Waals surface area contributed by atoms with Gasteiger partial charge in [0.05, 0.1) is 5.75 Å². The fraction of sp³-hybridized carbons (Fsp3) is 0.238. The molecule has 7 heteroatoms. The third-order valence-corrected chi connectivity index (χ3v) is 4.89. The van der Waals surface area contributed by atoms with E-state index >= 15 is 0 Å². The van der Waals surface area contributed by atoms with Gasteiger partial charge in [0.2, 0.25) is 11.8 Å². The molecule has 28 heavy (non-hydrogen) atoms. The molecule has 0 fully saturated rings. The molecule has 0 aliphatic rings. The summed E-state index contributed by atoms with van der Waals surface area (Å²) < 4.78 is 5.66. The number of amides is 1. The monoisotopic (exact) mass is 395 g/mol. The zero-order valence-electron chi connectivity index (χ0n) is 15.8. The maximum atomic E-state index is 12.4. The molecule has 0 saturated carbocycles. The van der Waals surface area contributed by atoms with Gasteiger partial charge in [0.25, 0.3) is 5.22 Å². The summed E-state index contributed by atoms with van der Waals surface area (Å²) in [5, 5.41) is 11.2. The van der Waals surface area contributed by atoms with E-state index in [1.807, 2.05) is 38.1 Å². The number of Topliss-reactive ketones (excluding diaryl/α,β-unsaturated/α-hetero) is 1. The molecule has 0 bridgehead atoms. The van der Waals surface area contributed by atoms with Crippen molar-refractivity contribution in [1.29, 1.82) is 0 Å². The largest absolute Gasteiger partial charge is 0.411 e. The molecular weight excluding hydrogens is 374 g/mol. The standard InChI is InChI=1S/C21H21N3O3S/c1-3-6-19(26)22-16-11-9-15(10-12-16)18(25)13-28-21-24-23-20(27-21)17-8-5-4-7-14(17)2/h4-5,7-12H,3,6,13H2,1-2H3,(H,22,26). The summed E-state index contributed by atoms with van der Waals surface area (Å²) in [6.45, 7) is 3.93. The van der Waals surface area contributed by atoms with Crippen LogP contribution in [0, 0.1) is 6.92 Å². The average Bonchev–Trinajstić information content (AvgIpc) is 3.16. The lowest BCUT2D eigenvalue weighted by Crippen LogP contribution is -2.10. The van der Waals surface area contributed by atoms with Crippen LogP contribution in [0.4, 0.5) is 5.69 Å². The number of hydrogen-bond acceptors (Lipinski definition) is 6. The maximum Gasteiger partial charge on any atom is 0.277 e. The smallest absolute Gasteiger partial charge is 0.277 e. The van der Waals surface area contributed by atoms with Gasteiger partial charge >= 0.3 is 0 Å². The van der Waals surface area contributed by atoms with E-state index < -0.39 is 0 Å². The molecule has 144 valence electrons. The zero-order chi connectivity index (χ0) is 19.9. The minimum absolute atomic E-state index is 0.0296. The van der Waals surface area contributed by atoms with Crippen LogP contribution in [0.2, 0.25) is 0 Å². The Balaban J connectivity index is 1.57. The van der Waals surface area contributed by atoms with E-state index in [-0.39, 0.29) is 17.4 Å². The first-order chi connectivity index (χ1) is 13.6. The number of aromatic nitrogens is 2. The van der Waals surface area contributed by atoms with Gasteiger partial charge in [-0.1, -0.05) is 36.9 Å². The number of carbonyl (C=O) groups excluding carboxylic acids is 2. The van der Waals surface area contributed by atoms with Crippen LogP contribution in [-0.4, -0.2) is 27.6 Å². The summed E-state index contributed by atoms with van der Waals surface area (Å²) in [5.74, 6) is 0.557. The van der Waals surface area contributed by atoms with Crippen LogP contribution >= 0.6 is 11.8 Å². The second kappa shape index (κ2) is 9.32. The van der Waals surface area contributed by atoms with Gasteiger partial charge in [-0.25, -0.2) is 0 Å². The van der Waals surface area contributed by atoms with E-state index in [0.717, 1.165) is 17.5 Å². The second-order valence-electron chi connectivity index (χ2n) is 6.28. The highest BCUT2D eigenvalue weighted by Gasteiger charge is 2.13. The van der Waals surface area contributed by atoms with E-state index in [9.17, 15) is 9.59 Å². The Morgan fingerprint density at radius 1 is 1.07 bits per heavy atom. The normalized spacial score (nSPS) is 10.6. The van der Waals surface area contributed by atoms with E-state index in [4.69, 9.17) is 4.42 Å². The van der Waals surface area contributed by atoms with Crippen LogP contribution in [0.1, 0.15) is 35.7 Å². The van der Waals surface area contributed by atoms with Crippen LogP contribution in [0.25, 0.3) is 11.5 Å². The van der Waals surface area contributed by atoms with Crippen LogP contribution < -0.4 is 5.32 Å². The SMILES string of the molecule is CCCC(=O)Nc1ccc(C(=O)CSc2nnc(-c3ccccc3C)o2)cc1. The second-order valence-corrected chi connectivity index (χ2v) is 7.20. The van der Waals surface area contributed by atoms with E-state index in [1.165, 1.54) is 11.8 Å². The number of rotatable bonds is 8. The van der Waals surface area contributed by atoms with Crippen LogP contribution in [0.5, 0.6) is 0 Å². The van der Waals surface area contributed by atoms with Gasteiger partial charge < -0.3 is 9.73 Å². The predicted molar refractivity (Wildman–Crippen MR) is 110 cm³/mol. The molecule has 3 aromatic rings. The Hall–Kier alpha value is -2.93. The highest BCUT2D eigenvalue weighted by molar-refractivity contribution is 7.99. The highest BCUT2D eigenvalue weighted by Crippen LogP contribution is 2.26. The molecule has 6 nitrogen and oxygen atoms in total. The molecule has 1 amide bonds. The number of nitrogens with one attached hydrogen (secondary N) is 1. The van der Waals surface area contributed by atoms with Crippen molar-refractivity contribution in [1.82, 2.24) is 10.2 Å². The van der Waals surface area contributed by atoms with Crippen molar-refractivity contribution in [3.05, 3.63) is 59.7 Å². The maximum absolute atomic E-state index is 12.4. The van der Waals surface area contributed by atoms with Crippen LogP contribution in [-0.2, 0) is 4.79 Å². The predicted octanol–water partition coefficient (Wildman–Crippen LogP) is 4.76. The number of benzene rings is 2. The van der Waals surface area contributed by atoms with Crippen molar-refractivity contribution in [2.45, 2.75) is 31.9 Å². The fourth-order valence-corrected chi connectivity index (χ4v) is 3.25. The summed E-state index contributed by atoms with van der Waals surface area (Å²) in [6.07, 6.45) is 1.27. The minimum atomic E-state index is -0.0490. The average molecular weight is 395 g/mol. The zero-order valence-corrected chi connectivity index (χ0v) is 16.6. The van der Waals surface area contributed by atoms with Crippen LogP contribution in [0.3, 0.4) is 0 Å². The number of thioether (sulfide) groups is 1. The summed E-state index contributed by atoms with van der Waals surface area (Å²) in [6, 6.07) is 14.6. The number of carbonyl (C=O) groups is 2. The Morgan fingerprint density at radius 2 is 1.82 bits per heavy atom. The Bertz CT molecular complexity index is 967. The molecule has 3 rings (SSSR count). The molecule has 0 radical (unpaired) electrons. The molecule has 0 aliphatic carbocycles. The molecule has 0 atom stereocenters. The first kappa shape index (κ1) is 19.8. The lowest BCUT2D eigenvalue weighted by Gasteiger charge is -2.05. The molecule has 0 spiro atoms. The van der Waals surface area contributed by atoms with Crippen LogP contribution in [0.15, 0.2) is 58.2 Å². The third kappa shape index (κ3) is 5.07. The van der Waals surface area contributed by atoms with Gasteiger partial charge in [-0.2, -0.15) is 0 Å². The van der Waals surface area contributed by atoms with Crippen molar-refractivity contribution in [2.75, 3.05) is 11.1 Å². The van der Waals surface area contributed by atoms with Gasteiger partial charge in [-0.15, -0.1) is 10.2 Å². The molecule has 2 aromatic carbocycles. The number of nitrogens with zero attached hydrogens (tertiary/aromatic N) is 2. The molecule has 0 unspecified atom stereocenters. The van der Waals surface area contributed by atoms with Gasteiger partial charge in [0.15, 0.2) is 5.78 Å². The number of aryl methyl sites for hydroxylation is 1. The molecular formula is C21H21N3O3S. The molecule has 0 aliphatic heterocycles. The number of ketones is 1. The van der Waals surface area contributed by atoms with Gasteiger partial charge in [-0.3, -0.25) is 9.59 Å². The first-order valence-electron chi connectivity index (χ1n) is 9.02. The molecule has 1 aromatic heterocycles. The van der Waals surface area contributed by atoms with Crippen molar-refractivity contribution < 1.29 is 14.0 Å². The summed E-state index contributed by atoms with van der Waals surface area (Å²) in [7, 11) is 0. The third-order valence-electron chi connectivity index (χ3n) is 4.08. The highest BCUT2D eigenvalue weighted by atomic mass is 32.2.